The van der Waals surface area contributed by atoms with Crippen LogP contribution in [0.3, 0.4) is 0 Å². The zero-order valence-electron chi connectivity index (χ0n) is 38.0. The predicted octanol–water partition coefficient (Wildman–Crippen LogP) is 5.14. The molecule has 6 atom stereocenters. The Hall–Kier alpha value is -6.59. The standard InChI is InChI=1S/C43H50ClN5O18S/c1-23(50)59-22-35-37(60-24(2)51)38(61-25(3)52)39(62-26(4)53)41(64-35)63-32-13-12-27(40(54)46-14-16-58-17-15-47-48-45)18-34(32)67-68(56,57)66-33-19-31-36(30-11-9-8-10-29(30)33)28(20-44)21-49(31)42(55)65-43(5,6)7/h8-13,18-19,28,35,37-39,41H,14-17,20-22H2,1-7H3,(H,46,54)/t28-,35-,37+,38+,39-,41-/m1/s1. The van der Waals surface area contributed by atoms with Gasteiger partial charge in [-0.1, -0.05) is 29.4 Å². The number of halogens is 1. The van der Waals surface area contributed by atoms with Crippen molar-refractivity contribution in [1.82, 2.24) is 5.32 Å². The molecule has 0 unspecified atom stereocenters. The molecule has 25 heteroatoms. The van der Waals surface area contributed by atoms with E-state index in [0.29, 0.717) is 16.3 Å². The van der Waals surface area contributed by atoms with Crippen LogP contribution in [0.25, 0.3) is 21.2 Å². The summed E-state index contributed by atoms with van der Waals surface area (Å²) < 4.78 is 84.3. The van der Waals surface area contributed by atoms with Crippen LogP contribution >= 0.6 is 11.6 Å². The average Bonchev–Trinajstić information content (AvgIpc) is 3.63. The summed E-state index contributed by atoms with van der Waals surface area (Å²) in [5, 5.41) is 6.76. The molecule has 0 bridgehead atoms. The smallest absolute Gasteiger partial charge is 0.463 e. The van der Waals surface area contributed by atoms with E-state index in [0.717, 1.165) is 39.8 Å². The molecule has 0 radical (unpaired) electrons. The van der Waals surface area contributed by atoms with Crippen molar-refractivity contribution >= 4 is 74.3 Å². The molecule has 1 N–H and O–H groups in total. The van der Waals surface area contributed by atoms with Gasteiger partial charge in [-0.2, -0.15) is 0 Å². The largest absolute Gasteiger partial charge is 0.501 e. The number of carbonyl (C=O) groups excluding carboxylic acids is 6. The fourth-order valence-electron chi connectivity index (χ4n) is 7.15. The summed E-state index contributed by atoms with van der Waals surface area (Å²) in [7, 11) is -5.27. The molecule has 0 spiro atoms. The van der Waals surface area contributed by atoms with E-state index in [9.17, 15) is 37.2 Å². The molecule has 0 saturated carbocycles. The van der Waals surface area contributed by atoms with Crippen LogP contribution in [-0.2, 0) is 62.7 Å². The van der Waals surface area contributed by atoms with E-state index < -0.39 is 101 Å². The first-order chi connectivity index (χ1) is 32.1. The maximum atomic E-state index is 14.2. The third-order valence-corrected chi connectivity index (χ3v) is 10.8. The van der Waals surface area contributed by atoms with Crippen molar-refractivity contribution in [3.8, 4) is 17.2 Å². The summed E-state index contributed by atoms with van der Waals surface area (Å²) >= 11 is 6.40. The highest BCUT2D eigenvalue weighted by Crippen LogP contribution is 2.46. The average molecular weight is 992 g/mol. The molecule has 1 saturated heterocycles. The van der Waals surface area contributed by atoms with E-state index in [1.807, 2.05) is 0 Å². The Kier molecular flexibility index (Phi) is 17.7. The van der Waals surface area contributed by atoms with Gasteiger partial charge in [0.1, 0.15) is 18.3 Å². The van der Waals surface area contributed by atoms with Gasteiger partial charge in [0.05, 0.1) is 18.9 Å². The van der Waals surface area contributed by atoms with E-state index in [4.69, 9.17) is 63.4 Å². The second kappa shape index (κ2) is 22.9. The number of carbonyl (C=O) groups is 6. The first-order valence-electron chi connectivity index (χ1n) is 20.8. The number of fused-ring (bicyclic) bond motifs is 3. The monoisotopic (exact) mass is 991 g/mol. The highest BCUT2D eigenvalue weighted by atomic mass is 35.5. The molecule has 23 nitrogen and oxygen atoms in total. The van der Waals surface area contributed by atoms with Crippen molar-refractivity contribution in [2.75, 3.05) is 50.2 Å². The summed E-state index contributed by atoms with van der Waals surface area (Å²) in [6.45, 7) is 8.85. The van der Waals surface area contributed by atoms with Gasteiger partial charge in [0.25, 0.3) is 5.91 Å². The third kappa shape index (κ3) is 14.0. The number of anilines is 1. The summed E-state index contributed by atoms with van der Waals surface area (Å²) in [6, 6.07) is 11.3. The summed E-state index contributed by atoms with van der Waals surface area (Å²) in [5.41, 5.74) is 8.31. The number of nitrogens with zero attached hydrogens (tertiary/aromatic N) is 4. The number of alkyl halides is 1. The van der Waals surface area contributed by atoms with Crippen LogP contribution in [0, 0.1) is 0 Å². The summed E-state index contributed by atoms with van der Waals surface area (Å²) in [4.78, 5) is 80.0. The maximum absolute atomic E-state index is 14.2. The Morgan fingerprint density at radius 3 is 2.13 bits per heavy atom. The first-order valence-corrected chi connectivity index (χ1v) is 22.7. The number of ether oxygens (including phenoxy) is 8. The van der Waals surface area contributed by atoms with Crippen LogP contribution in [-0.4, -0.2) is 126 Å². The van der Waals surface area contributed by atoms with Gasteiger partial charge in [0.2, 0.25) is 12.4 Å². The van der Waals surface area contributed by atoms with Crippen LogP contribution in [0.15, 0.2) is 53.6 Å². The number of benzene rings is 3. The molecule has 368 valence electrons. The van der Waals surface area contributed by atoms with Crippen LogP contribution in [0.4, 0.5) is 10.5 Å². The zero-order valence-corrected chi connectivity index (χ0v) is 39.5. The van der Waals surface area contributed by atoms with Crippen molar-refractivity contribution < 1.29 is 83.4 Å². The molecule has 0 aliphatic carbocycles. The molecule has 2 heterocycles. The molecular formula is C43H50ClN5O18S. The van der Waals surface area contributed by atoms with E-state index in [1.54, 1.807) is 45.0 Å². The van der Waals surface area contributed by atoms with Crippen molar-refractivity contribution in [2.45, 2.75) is 90.7 Å². The number of rotatable bonds is 19. The van der Waals surface area contributed by atoms with Crippen molar-refractivity contribution in [3.63, 3.8) is 0 Å². The van der Waals surface area contributed by atoms with Gasteiger partial charge in [-0.25, -0.2) is 4.79 Å². The molecular weight excluding hydrogens is 942 g/mol. The Balaban J connectivity index is 1.57. The lowest BCUT2D eigenvalue weighted by Crippen LogP contribution is -2.63. The van der Waals surface area contributed by atoms with E-state index in [2.05, 4.69) is 15.3 Å². The second-order valence-corrected chi connectivity index (χ2v) is 17.5. The molecule has 3 aromatic rings. The van der Waals surface area contributed by atoms with Crippen molar-refractivity contribution in [1.29, 1.82) is 0 Å². The molecule has 68 heavy (non-hydrogen) atoms. The lowest BCUT2D eigenvalue weighted by Gasteiger charge is -2.43. The van der Waals surface area contributed by atoms with Gasteiger partial charge >= 0.3 is 40.4 Å². The van der Waals surface area contributed by atoms with E-state index >= 15 is 0 Å². The normalized spacial score (nSPS) is 19.9. The minimum absolute atomic E-state index is 0.00803. The van der Waals surface area contributed by atoms with E-state index in [-0.39, 0.29) is 61.6 Å². The van der Waals surface area contributed by atoms with Gasteiger partial charge < -0.3 is 51.6 Å². The van der Waals surface area contributed by atoms with Crippen LogP contribution in [0.5, 0.6) is 17.2 Å². The van der Waals surface area contributed by atoms with Crippen LogP contribution in [0.2, 0.25) is 0 Å². The maximum Gasteiger partial charge on any atom is 0.501 e. The predicted molar refractivity (Wildman–Crippen MR) is 237 cm³/mol. The Bertz CT molecular complexity index is 2550. The minimum Gasteiger partial charge on any atom is -0.463 e. The van der Waals surface area contributed by atoms with Gasteiger partial charge in [-0.15, -0.1) is 20.0 Å². The van der Waals surface area contributed by atoms with Crippen LogP contribution < -0.4 is 23.3 Å². The zero-order chi connectivity index (χ0) is 49.9. The highest BCUT2D eigenvalue weighted by Gasteiger charge is 2.53. The SMILES string of the molecule is CC(=O)OC[C@H]1O[C@@H](Oc2ccc(C(=O)NCCOCCN=[N+]=[N-])cc2OS(=O)(=O)Oc2cc3c(c4ccccc24)[C@H](CCl)CN3C(=O)OC(C)(C)C)[C@H](OC(C)=O)[C@@H](OC(C)=O)[C@H]1OC(C)=O. The number of azide groups is 1. The lowest BCUT2D eigenvalue weighted by atomic mass is 9.95. The number of hydrogen-bond donors (Lipinski definition) is 1. The van der Waals surface area contributed by atoms with Crippen LogP contribution in [0.1, 0.15) is 70.3 Å². The molecule has 1 fully saturated rings. The fraction of sp³-hybridized carbons (Fsp3) is 0.488. The van der Waals surface area contributed by atoms with Gasteiger partial charge in [0.15, 0.2) is 29.5 Å². The Morgan fingerprint density at radius 1 is 0.853 bits per heavy atom. The molecule has 2 amide bonds. The minimum atomic E-state index is -5.27. The topological polar surface area (TPSA) is 293 Å². The van der Waals surface area contributed by atoms with E-state index in [1.165, 1.54) is 17.0 Å². The summed E-state index contributed by atoms with van der Waals surface area (Å²) in [6.07, 6.45) is -9.00. The third-order valence-electron chi connectivity index (χ3n) is 9.64. The highest BCUT2D eigenvalue weighted by molar-refractivity contribution is 7.82. The number of hydrogen-bond acceptors (Lipinski definition) is 19. The molecule has 2 aliphatic heterocycles. The van der Waals surface area contributed by atoms with Gasteiger partial charge in [0, 0.05) is 81.1 Å². The molecule has 0 aromatic heterocycles. The molecule has 5 rings (SSSR count). The second-order valence-electron chi connectivity index (χ2n) is 16.0. The molecule has 3 aromatic carbocycles. The first kappa shape index (κ1) is 52.4. The number of amides is 2. The van der Waals surface area contributed by atoms with Gasteiger partial charge in [-0.3, -0.25) is 28.9 Å². The molecule has 2 aliphatic rings. The Labute approximate surface area is 395 Å². The van der Waals surface area contributed by atoms with Gasteiger partial charge in [-0.05, 0) is 55.5 Å². The quantitative estimate of drug-likeness (QED) is 0.0309. The Morgan fingerprint density at radius 2 is 1.50 bits per heavy atom. The van der Waals surface area contributed by atoms with Crippen molar-refractivity contribution in [3.05, 3.63) is 70.1 Å². The van der Waals surface area contributed by atoms with Crippen molar-refractivity contribution in [2.24, 2.45) is 5.11 Å². The fourth-order valence-corrected chi connectivity index (χ4v) is 8.14. The number of esters is 4. The lowest BCUT2D eigenvalue weighted by molar-refractivity contribution is -0.288. The number of nitrogens with one attached hydrogen (secondary N) is 1. The summed E-state index contributed by atoms with van der Waals surface area (Å²) in [5.74, 6) is -6.01.